The summed E-state index contributed by atoms with van der Waals surface area (Å²) in [4.78, 5) is 0. The van der Waals surface area contributed by atoms with E-state index in [9.17, 15) is 4.39 Å². The number of hydrogen-bond donors (Lipinski definition) is 2. The van der Waals surface area contributed by atoms with Crippen LogP contribution in [0.5, 0.6) is 5.75 Å². The lowest BCUT2D eigenvalue weighted by molar-refractivity contribution is 0.263. The minimum absolute atomic E-state index is 0.189. The van der Waals surface area contributed by atoms with Crippen LogP contribution in [-0.4, -0.2) is 12.6 Å². The molecule has 2 aromatic carbocycles. The third-order valence-electron chi connectivity index (χ3n) is 2.91. The van der Waals surface area contributed by atoms with Crippen molar-refractivity contribution in [3.05, 3.63) is 64.9 Å². The zero-order valence-corrected chi connectivity index (χ0v) is 11.6. The van der Waals surface area contributed by atoms with Gasteiger partial charge in [-0.15, -0.1) is 0 Å². The lowest BCUT2D eigenvalue weighted by Gasteiger charge is -2.17. The first-order chi connectivity index (χ1) is 9.69. The molecule has 3 N–H and O–H groups in total. The van der Waals surface area contributed by atoms with Gasteiger partial charge in [0.15, 0.2) is 0 Å². The number of ether oxygens (including phenoxy) is 1. The van der Waals surface area contributed by atoms with Gasteiger partial charge >= 0.3 is 0 Å². The predicted molar refractivity (Wildman–Crippen MR) is 78.2 cm³/mol. The lowest BCUT2D eigenvalue weighted by atomic mass is 10.1. The second-order valence-corrected chi connectivity index (χ2v) is 4.86. The summed E-state index contributed by atoms with van der Waals surface area (Å²) in [6, 6.07) is 13.8. The molecule has 0 heterocycles. The van der Waals surface area contributed by atoms with E-state index in [-0.39, 0.29) is 11.9 Å². The smallest absolute Gasteiger partial charge is 0.127 e. The molecule has 2 rings (SSSR count). The molecule has 0 saturated carbocycles. The summed E-state index contributed by atoms with van der Waals surface area (Å²) < 4.78 is 19.3. The summed E-state index contributed by atoms with van der Waals surface area (Å²) in [5, 5.41) is 0.379. The van der Waals surface area contributed by atoms with Crippen LogP contribution in [0.1, 0.15) is 5.56 Å². The molecule has 0 aliphatic carbocycles. The van der Waals surface area contributed by atoms with Crippen LogP contribution in [-0.2, 0) is 6.42 Å². The fourth-order valence-corrected chi connectivity index (χ4v) is 1.99. The molecule has 3 nitrogen and oxygen atoms in total. The van der Waals surface area contributed by atoms with E-state index < -0.39 is 0 Å². The van der Waals surface area contributed by atoms with Gasteiger partial charge in [-0.2, -0.15) is 0 Å². The molecule has 106 valence electrons. The molecule has 0 spiro atoms. The van der Waals surface area contributed by atoms with E-state index in [2.05, 4.69) is 5.43 Å². The average molecular weight is 295 g/mol. The highest BCUT2D eigenvalue weighted by molar-refractivity contribution is 6.30. The number of nitrogens with two attached hydrogens (primary N) is 1. The minimum Gasteiger partial charge on any atom is -0.492 e. The number of para-hydroxylation sites is 1. The Kier molecular flexibility index (Phi) is 5.35. The van der Waals surface area contributed by atoms with Gasteiger partial charge in [0.05, 0.1) is 6.04 Å². The fourth-order valence-electron chi connectivity index (χ4n) is 1.83. The molecule has 0 aliphatic heterocycles. The van der Waals surface area contributed by atoms with Crippen molar-refractivity contribution in [1.82, 2.24) is 5.43 Å². The predicted octanol–water partition coefficient (Wildman–Crippen LogP) is 2.93. The van der Waals surface area contributed by atoms with Crippen LogP contribution >= 0.6 is 11.6 Å². The minimum atomic E-state index is -0.336. The Labute approximate surface area is 122 Å². The molecule has 2 aromatic rings. The first-order valence-corrected chi connectivity index (χ1v) is 6.64. The van der Waals surface area contributed by atoms with Crippen molar-refractivity contribution in [2.24, 2.45) is 5.84 Å². The van der Waals surface area contributed by atoms with Gasteiger partial charge in [-0.25, -0.2) is 4.39 Å². The summed E-state index contributed by atoms with van der Waals surface area (Å²) in [6.45, 7) is 0.350. The molecule has 0 amide bonds. The molecule has 0 radical (unpaired) electrons. The van der Waals surface area contributed by atoms with Crippen molar-refractivity contribution >= 4 is 11.6 Å². The number of halogens is 2. The molecule has 0 aliphatic rings. The molecule has 20 heavy (non-hydrogen) atoms. The summed E-state index contributed by atoms with van der Waals surface area (Å²) in [6.07, 6.45) is 0.423. The second-order valence-electron chi connectivity index (χ2n) is 4.43. The number of nitrogens with one attached hydrogen (secondary N) is 1. The van der Waals surface area contributed by atoms with Crippen molar-refractivity contribution in [2.45, 2.75) is 12.5 Å². The topological polar surface area (TPSA) is 47.3 Å². The Morgan fingerprint density at radius 1 is 1.20 bits per heavy atom. The third-order valence-corrected chi connectivity index (χ3v) is 3.15. The van der Waals surface area contributed by atoms with Crippen LogP contribution in [0.25, 0.3) is 0 Å². The Morgan fingerprint density at radius 2 is 1.95 bits per heavy atom. The maximum absolute atomic E-state index is 13.7. The van der Waals surface area contributed by atoms with E-state index >= 15 is 0 Å². The zero-order valence-electron chi connectivity index (χ0n) is 10.9. The number of benzene rings is 2. The molecule has 5 heteroatoms. The Bertz CT molecular complexity index is 551. The number of hydrogen-bond acceptors (Lipinski definition) is 3. The normalized spacial score (nSPS) is 12.2. The largest absolute Gasteiger partial charge is 0.492 e. The van der Waals surface area contributed by atoms with Crippen molar-refractivity contribution in [3.8, 4) is 5.75 Å². The van der Waals surface area contributed by atoms with Crippen molar-refractivity contribution < 1.29 is 9.13 Å². The van der Waals surface area contributed by atoms with E-state index in [0.717, 1.165) is 5.75 Å². The Balaban J connectivity index is 1.95. The number of rotatable bonds is 6. The van der Waals surface area contributed by atoms with Crippen LogP contribution in [0, 0.1) is 5.82 Å². The zero-order chi connectivity index (χ0) is 14.4. The van der Waals surface area contributed by atoms with Gasteiger partial charge in [-0.3, -0.25) is 11.3 Å². The quantitative estimate of drug-likeness (QED) is 0.636. The molecular formula is C15H16ClFN2O. The number of hydrazine groups is 1. The maximum atomic E-state index is 13.7. The average Bonchev–Trinajstić information content (AvgIpc) is 2.46. The summed E-state index contributed by atoms with van der Waals surface area (Å²) in [7, 11) is 0. The van der Waals surface area contributed by atoms with Crippen molar-refractivity contribution in [3.63, 3.8) is 0 Å². The molecule has 1 unspecified atom stereocenters. The third kappa shape index (κ3) is 4.20. The van der Waals surface area contributed by atoms with E-state index in [1.165, 1.54) is 6.07 Å². The van der Waals surface area contributed by atoms with Gasteiger partial charge in [-0.1, -0.05) is 35.9 Å². The van der Waals surface area contributed by atoms with Gasteiger partial charge < -0.3 is 4.74 Å². The first kappa shape index (κ1) is 14.8. The summed E-state index contributed by atoms with van der Waals surface area (Å²) in [5.41, 5.74) is 3.19. The lowest BCUT2D eigenvalue weighted by Crippen LogP contribution is -2.41. The van der Waals surface area contributed by atoms with Gasteiger partial charge in [0.25, 0.3) is 0 Å². The SMILES string of the molecule is NNC(COc1ccccc1)Cc1ccc(Cl)cc1F. The fraction of sp³-hybridized carbons (Fsp3) is 0.200. The van der Waals surface area contributed by atoms with Crippen LogP contribution in [0.15, 0.2) is 48.5 Å². The molecule has 0 fully saturated rings. The molecular weight excluding hydrogens is 279 g/mol. The van der Waals surface area contributed by atoms with Crippen molar-refractivity contribution in [2.75, 3.05) is 6.61 Å². The van der Waals surface area contributed by atoms with E-state index in [0.29, 0.717) is 23.6 Å². The van der Waals surface area contributed by atoms with Gasteiger partial charge in [0.2, 0.25) is 0 Å². The maximum Gasteiger partial charge on any atom is 0.127 e. The van der Waals surface area contributed by atoms with Crippen LogP contribution in [0.4, 0.5) is 4.39 Å². The monoisotopic (exact) mass is 294 g/mol. The molecule has 0 aromatic heterocycles. The Hall–Kier alpha value is -1.62. The van der Waals surface area contributed by atoms with E-state index in [1.54, 1.807) is 12.1 Å². The molecule has 0 saturated heterocycles. The highest BCUT2D eigenvalue weighted by atomic mass is 35.5. The highest BCUT2D eigenvalue weighted by Gasteiger charge is 2.12. The van der Waals surface area contributed by atoms with Crippen molar-refractivity contribution in [1.29, 1.82) is 0 Å². The highest BCUT2D eigenvalue weighted by Crippen LogP contribution is 2.16. The second kappa shape index (κ2) is 7.24. The van der Waals surface area contributed by atoms with Gasteiger partial charge in [0, 0.05) is 5.02 Å². The molecule has 1 atom stereocenters. The first-order valence-electron chi connectivity index (χ1n) is 6.27. The van der Waals surface area contributed by atoms with E-state index in [4.69, 9.17) is 22.2 Å². The van der Waals surface area contributed by atoms with Gasteiger partial charge in [0.1, 0.15) is 18.2 Å². The standard InChI is InChI=1S/C15H16ClFN2O/c16-12-7-6-11(15(17)9-12)8-13(19-18)10-20-14-4-2-1-3-5-14/h1-7,9,13,19H,8,10,18H2. The van der Waals surface area contributed by atoms with Crippen LogP contribution < -0.4 is 16.0 Å². The summed E-state index contributed by atoms with van der Waals surface area (Å²) >= 11 is 5.72. The molecule has 0 bridgehead atoms. The van der Waals surface area contributed by atoms with Gasteiger partial charge in [-0.05, 0) is 36.2 Å². The van der Waals surface area contributed by atoms with Crippen LogP contribution in [0.2, 0.25) is 5.02 Å². The van der Waals surface area contributed by atoms with E-state index in [1.807, 2.05) is 30.3 Å². The van der Waals surface area contributed by atoms with Crippen LogP contribution in [0.3, 0.4) is 0 Å². The Morgan fingerprint density at radius 3 is 2.60 bits per heavy atom. The summed E-state index contributed by atoms with van der Waals surface area (Å²) in [5.74, 6) is 5.90.